The second-order valence-corrected chi connectivity index (χ2v) is 4.52. The molecule has 0 aliphatic carbocycles. The van der Waals surface area contributed by atoms with Crippen molar-refractivity contribution in [2.75, 3.05) is 27.9 Å². The van der Waals surface area contributed by atoms with Crippen molar-refractivity contribution in [1.82, 2.24) is 5.32 Å². The van der Waals surface area contributed by atoms with Crippen LogP contribution in [0, 0.1) is 0 Å². The highest BCUT2D eigenvalue weighted by molar-refractivity contribution is 9.10. The van der Waals surface area contributed by atoms with Crippen LogP contribution >= 0.6 is 15.9 Å². The molecule has 1 aromatic carbocycles. The maximum Gasteiger partial charge on any atom is 0.122 e. The largest absolute Gasteiger partial charge is 0.496 e. The molecule has 0 saturated heterocycles. The lowest BCUT2D eigenvalue weighted by atomic mass is 10.1. The third-order valence-corrected chi connectivity index (χ3v) is 2.98. The van der Waals surface area contributed by atoms with E-state index in [4.69, 9.17) is 9.47 Å². The molecule has 0 amide bonds. The quantitative estimate of drug-likeness (QED) is 0.871. The molecule has 0 heterocycles. The molecule has 0 saturated carbocycles. The van der Waals surface area contributed by atoms with Gasteiger partial charge < -0.3 is 14.8 Å². The minimum absolute atomic E-state index is 0.299. The molecule has 0 fully saturated rings. The van der Waals surface area contributed by atoms with Crippen molar-refractivity contribution in [3.8, 4) is 5.75 Å². The lowest BCUT2D eigenvalue weighted by Crippen LogP contribution is -2.32. The number of halogens is 1. The van der Waals surface area contributed by atoms with Crippen LogP contribution in [-0.2, 0) is 11.2 Å². The summed E-state index contributed by atoms with van der Waals surface area (Å²) < 4.78 is 11.6. The smallest absolute Gasteiger partial charge is 0.122 e. The van der Waals surface area contributed by atoms with Crippen molar-refractivity contribution in [1.29, 1.82) is 0 Å². The van der Waals surface area contributed by atoms with E-state index in [-0.39, 0.29) is 0 Å². The van der Waals surface area contributed by atoms with Gasteiger partial charge in [0.05, 0.1) is 13.7 Å². The summed E-state index contributed by atoms with van der Waals surface area (Å²) in [7, 11) is 5.34. The van der Waals surface area contributed by atoms with Gasteiger partial charge >= 0.3 is 0 Å². The van der Waals surface area contributed by atoms with Crippen LogP contribution in [-0.4, -0.2) is 33.9 Å². The summed E-state index contributed by atoms with van der Waals surface area (Å²) in [5.41, 5.74) is 1.17. The molecule has 1 N–H and O–H groups in total. The molecule has 0 radical (unpaired) electrons. The lowest BCUT2D eigenvalue weighted by Gasteiger charge is -2.17. The summed E-state index contributed by atoms with van der Waals surface area (Å²) >= 11 is 3.47. The van der Waals surface area contributed by atoms with Gasteiger partial charge in [-0.1, -0.05) is 15.9 Å². The number of benzene rings is 1. The van der Waals surface area contributed by atoms with Crippen LogP contribution in [0.3, 0.4) is 0 Å². The molecule has 1 atom stereocenters. The van der Waals surface area contributed by atoms with Gasteiger partial charge in [-0.3, -0.25) is 0 Å². The first-order chi connectivity index (χ1) is 7.71. The highest BCUT2D eigenvalue weighted by Gasteiger charge is 2.11. The summed E-state index contributed by atoms with van der Waals surface area (Å²) in [4.78, 5) is 0. The zero-order valence-corrected chi connectivity index (χ0v) is 11.5. The fourth-order valence-electron chi connectivity index (χ4n) is 1.62. The zero-order valence-electron chi connectivity index (χ0n) is 9.92. The van der Waals surface area contributed by atoms with E-state index < -0.39 is 0 Å². The van der Waals surface area contributed by atoms with Crippen molar-refractivity contribution < 1.29 is 9.47 Å². The minimum atomic E-state index is 0.299. The summed E-state index contributed by atoms with van der Waals surface area (Å²) in [5.74, 6) is 0.916. The molecule has 0 spiro atoms. The van der Waals surface area contributed by atoms with E-state index in [2.05, 4.69) is 27.3 Å². The second kappa shape index (κ2) is 6.89. The van der Waals surface area contributed by atoms with E-state index in [0.29, 0.717) is 12.6 Å². The van der Waals surface area contributed by atoms with Crippen molar-refractivity contribution >= 4 is 15.9 Å². The number of hydrogen-bond donors (Lipinski definition) is 1. The molecule has 0 bridgehead atoms. The Morgan fingerprint density at radius 2 is 2.12 bits per heavy atom. The van der Waals surface area contributed by atoms with Crippen LogP contribution in [0.4, 0.5) is 0 Å². The van der Waals surface area contributed by atoms with Gasteiger partial charge in [0, 0.05) is 17.6 Å². The van der Waals surface area contributed by atoms with Crippen LogP contribution in [0.5, 0.6) is 5.75 Å². The van der Waals surface area contributed by atoms with Crippen molar-refractivity contribution in [3.63, 3.8) is 0 Å². The third-order valence-electron chi connectivity index (χ3n) is 2.48. The fourth-order valence-corrected chi connectivity index (χ4v) is 2.03. The fraction of sp³-hybridized carbons (Fsp3) is 0.500. The predicted molar refractivity (Wildman–Crippen MR) is 69.1 cm³/mol. The average molecular weight is 288 g/mol. The van der Waals surface area contributed by atoms with Crippen LogP contribution in [0.1, 0.15) is 5.56 Å². The topological polar surface area (TPSA) is 30.5 Å². The van der Waals surface area contributed by atoms with Crippen molar-refractivity contribution in [2.45, 2.75) is 12.5 Å². The number of hydrogen-bond acceptors (Lipinski definition) is 3. The molecule has 3 nitrogen and oxygen atoms in total. The second-order valence-electron chi connectivity index (χ2n) is 3.60. The molecular weight excluding hydrogens is 270 g/mol. The first-order valence-corrected chi connectivity index (χ1v) is 5.99. The van der Waals surface area contributed by atoms with Crippen LogP contribution in [0.15, 0.2) is 22.7 Å². The van der Waals surface area contributed by atoms with Crippen LogP contribution in [0.2, 0.25) is 0 Å². The Hall–Kier alpha value is -0.580. The highest BCUT2D eigenvalue weighted by Crippen LogP contribution is 2.24. The maximum atomic E-state index is 5.33. The summed E-state index contributed by atoms with van der Waals surface area (Å²) in [6.07, 6.45) is 0.882. The maximum absolute atomic E-state index is 5.33. The van der Waals surface area contributed by atoms with Gasteiger partial charge in [-0.15, -0.1) is 0 Å². The van der Waals surface area contributed by atoms with Gasteiger partial charge in [0.15, 0.2) is 0 Å². The Morgan fingerprint density at radius 1 is 1.38 bits per heavy atom. The monoisotopic (exact) mass is 287 g/mol. The van der Waals surface area contributed by atoms with E-state index in [1.807, 2.05) is 19.2 Å². The molecule has 16 heavy (non-hydrogen) atoms. The Labute approximate surface area is 105 Å². The SMILES string of the molecule is CNC(COC)Cc1cc(Br)ccc1OC. The van der Waals surface area contributed by atoms with E-state index in [1.165, 1.54) is 5.56 Å². The van der Waals surface area contributed by atoms with E-state index in [9.17, 15) is 0 Å². The number of methoxy groups -OCH3 is 2. The van der Waals surface area contributed by atoms with Crippen LogP contribution in [0.25, 0.3) is 0 Å². The van der Waals surface area contributed by atoms with Gasteiger partial charge in [-0.2, -0.15) is 0 Å². The Morgan fingerprint density at radius 3 is 2.69 bits per heavy atom. The van der Waals surface area contributed by atoms with Crippen molar-refractivity contribution in [3.05, 3.63) is 28.2 Å². The molecule has 1 unspecified atom stereocenters. The summed E-state index contributed by atoms with van der Waals surface area (Å²) in [6.45, 7) is 0.687. The van der Waals surface area contributed by atoms with Gasteiger partial charge in [-0.05, 0) is 37.2 Å². The van der Waals surface area contributed by atoms with Gasteiger partial charge in [-0.25, -0.2) is 0 Å². The number of likely N-dealkylation sites (N-methyl/N-ethyl adjacent to an activating group) is 1. The summed E-state index contributed by atoms with van der Waals surface area (Å²) in [5, 5.41) is 3.23. The minimum Gasteiger partial charge on any atom is -0.496 e. The van der Waals surface area contributed by atoms with Crippen molar-refractivity contribution in [2.24, 2.45) is 0 Å². The molecular formula is C12H18BrNO2. The molecule has 90 valence electrons. The predicted octanol–water partition coefficient (Wildman–Crippen LogP) is 2.23. The number of nitrogens with one attached hydrogen (secondary N) is 1. The lowest BCUT2D eigenvalue weighted by molar-refractivity contribution is 0.169. The van der Waals surface area contributed by atoms with E-state index in [0.717, 1.165) is 16.6 Å². The first kappa shape index (κ1) is 13.5. The number of ether oxygens (including phenoxy) is 2. The Bertz CT molecular complexity index is 331. The normalized spacial score (nSPS) is 12.5. The average Bonchev–Trinajstić information content (AvgIpc) is 2.29. The van der Waals surface area contributed by atoms with Gasteiger partial charge in [0.1, 0.15) is 5.75 Å². The third kappa shape index (κ3) is 3.77. The highest BCUT2D eigenvalue weighted by atomic mass is 79.9. The van der Waals surface area contributed by atoms with Gasteiger partial charge in [0.2, 0.25) is 0 Å². The molecule has 4 heteroatoms. The molecule has 0 aliphatic rings. The molecule has 1 rings (SSSR count). The molecule has 1 aromatic rings. The van der Waals surface area contributed by atoms with Gasteiger partial charge in [0.25, 0.3) is 0 Å². The summed E-state index contributed by atoms with van der Waals surface area (Å²) in [6, 6.07) is 6.33. The first-order valence-electron chi connectivity index (χ1n) is 5.20. The number of rotatable bonds is 6. The van der Waals surface area contributed by atoms with E-state index in [1.54, 1.807) is 14.2 Å². The Kier molecular flexibility index (Phi) is 5.80. The van der Waals surface area contributed by atoms with E-state index >= 15 is 0 Å². The van der Waals surface area contributed by atoms with Crippen LogP contribution < -0.4 is 10.1 Å². The Balaban J connectivity index is 2.80. The standard InChI is InChI=1S/C12H18BrNO2/c1-14-11(8-15-2)7-9-6-10(13)4-5-12(9)16-3/h4-6,11,14H,7-8H2,1-3H3. The molecule has 0 aromatic heterocycles. The molecule has 0 aliphatic heterocycles. The zero-order chi connectivity index (χ0) is 12.0.